The molecular formula is C18H28N4O3. The molecule has 3 heterocycles. The quantitative estimate of drug-likeness (QED) is 0.745. The number of carbonyl (C=O) groups excluding carboxylic acids is 2. The Bertz CT molecular complexity index is 634. The molecule has 7 nitrogen and oxygen atoms in total. The first-order valence-electron chi connectivity index (χ1n) is 9.05. The predicted molar refractivity (Wildman–Crippen MR) is 93.4 cm³/mol. The SMILES string of the molecule is Cn1cc(C(=O)C[C@H]2CCCN2C(=O)C(C)(C)N2CCOCC2)cn1. The summed E-state index contributed by atoms with van der Waals surface area (Å²) in [7, 11) is 1.80. The zero-order valence-corrected chi connectivity index (χ0v) is 15.4. The zero-order valence-electron chi connectivity index (χ0n) is 15.4. The third-order valence-corrected chi connectivity index (χ3v) is 5.41. The van der Waals surface area contributed by atoms with Gasteiger partial charge in [-0.15, -0.1) is 0 Å². The summed E-state index contributed by atoms with van der Waals surface area (Å²) >= 11 is 0. The van der Waals surface area contributed by atoms with E-state index in [1.807, 2.05) is 18.7 Å². The number of ketones is 1. The molecule has 0 radical (unpaired) electrons. The van der Waals surface area contributed by atoms with Crippen LogP contribution >= 0.6 is 0 Å². The van der Waals surface area contributed by atoms with Crippen LogP contribution in [0.5, 0.6) is 0 Å². The van der Waals surface area contributed by atoms with E-state index in [1.165, 1.54) is 0 Å². The molecular weight excluding hydrogens is 320 g/mol. The fourth-order valence-electron chi connectivity index (χ4n) is 3.82. The summed E-state index contributed by atoms with van der Waals surface area (Å²) in [6, 6.07) is -0.0134. The lowest BCUT2D eigenvalue weighted by Gasteiger charge is -2.42. The lowest BCUT2D eigenvalue weighted by Crippen LogP contribution is -2.59. The molecule has 2 aliphatic rings. The van der Waals surface area contributed by atoms with Gasteiger partial charge in [-0.3, -0.25) is 19.2 Å². The van der Waals surface area contributed by atoms with E-state index in [9.17, 15) is 9.59 Å². The molecule has 0 aliphatic carbocycles. The van der Waals surface area contributed by atoms with Gasteiger partial charge in [0.15, 0.2) is 5.78 Å². The number of likely N-dealkylation sites (tertiary alicyclic amines) is 1. The molecule has 25 heavy (non-hydrogen) atoms. The number of amides is 1. The number of aromatic nitrogens is 2. The van der Waals surface area contributed by atoms with Crippen molar-refractivity contribution in [2.75, 3.05) is 32.8 Å². The second-order valence-corrected chi connectivity index (χ2v) is 7.48. The second-order valence-electron chi connectivity index (χ2n) is 7.48. The smallest absolute Gasteiger partial charge is 0.242 e. The first-order chi connectivity index (χ1) is 11.9. The molecule has 7 heteroatoms. The Morgan fingerprint density at radius 3 is 2.64 bits per heavy atom. The van der Waals surface area contributed by atoms with Crippen molar-refractivity contribution in [3.63, 3.8) is 0 Å². The fourth-order valence-corrected chi connectivity index (χ4v) is 3.82. The van der Waals surface area contributed by atoms with Gasteiger partial charge in [-0.25, -0.2) is 0 Å². The van der Waals surface area contributed by atoms with E-state index in [-0.39, 0.29) is 17.7 Å². The standard InChI is InChI=1S/C18H28N4O3/c1-18(2,21-7-9-25-10-8-21)17(24)22-6-4-5-15(22)11-16(23)14-12-19-20(3)13-14/h12-13,15H,4-11H2,1-3H3/t15-/m1/s1. The highest BCUT2D eigenvalue weighted by Crippen LogP contribution is 2.27. The number of aryl methyl sites for hydroxylation is 1. The van der Waals surface area contributed by atoms with Crippen LogP contribution in [0.4, 0.5) is 0 Å². The van der Waals surface area contributed by atoms with E-state index in [0.29, 0.717) is 25.2 Å². The van der Waals surface area contributed by atoms with Crippen molar-refractivity contribution in [2.24, 2.45) is 7.05 Å². The number of carbonyl (C=O) groups is 2. The predicted octanol–water partition coefficient (Wildman–Crippen LogP) is 1.09. The lowest BCUT2D eigenvalue weighted by atomic mass is 9.98. The van der Waals surface area contributed by atoms with Gasteiger partial charge in [-0.05, 0) is 26.7 Å². The summed E-state index contributed by atoms with van der Waals surface area (Å²) in [5, 5.41) is 4.06. The molecule has 2 fully saturated rings. The first-order valence-corrected chi connectivity index (χ1v) is 9.05. The summed E-state index contributed by atoms with van der Waals surface area (Å²) in [5.41, 5.74) is 0.0539. The van der Waals surface area contributed by atoms with E-state index in [2.05, 4.69) is 10.00 Å². The third kappa shape index (κ3) is 3.77. The topological polar surface area (TPSA) is 67.7 Å². The van der Waals surface area contributed by atoms with Crippen LogP contribution in [0.3, 0.4) is 0 Å². The van der Waals surface area contributed by atoms with E-state index < -0.39 is 5.54 Å². The van der Waals surface area contributed by atoms with Gasteiger partial charge in [0, 0.05) is 45.3 Å². The molecule has 2 saturated heterocycles. The van der Waals surface area contributed by atoms with Gasteiger partial charge >= 0.3 is 0 Å². The minimum absolute atomic E-state index is 0.0134. The molecule has 1 atom stereocenters. The van der Waals surface area contributed by atoms with Crippen LogP contribution in [0.1, 0.15) is 43.5 Å². The van der Waals surface area contributed by atoms with Gasteiger partial charge in [0.25, 0.3) is 0 Å². The maximum Gasteiger partial charge on any atom is 0.242 e. The molecule has 1 amide bonds. The van der Waals surface area contributed by atoms with Crippen molar-refractivity contribution in [1.29, 1.82) is 0 Å². The van der Waals surface area contributed by atoms with Crippen molar-refractivity contribution in [3.05, 3.63) is 18.0 Å². The highest BCUT2D eigenvalue weighted by Gasteiger charge is 2.42. The van der Waals surface area contributed by atoms with Crippen molar-refractivity contribution in [3.8, 4) is 0 Å². The van der Waals surface area contributed by atoms with Gasteiger partial charge in [0.1, 0.15) is 0 Å². The van der Waals surface area contributed by atoms with Gasteiger partial charge in [-0.1, -0.05) is 0 Å². The van der Waals surface area contributed by atoms with Crippen molar-refractivity contribution in [1.82, 2.24) is 19.6 Å². The van der Waals surface area contributed by atoms with Crippen molar-refractivity contribution in [2.45, 2.75) is 44.7 Å². The van der Waals surface area contributed by atoms with Crippen molar-refractivity contribution < 1.29 is 14.3 Å². The third-order valence-electron chi connectivity index (χ3n) is 5.41. The molecule has 138 valence electrons. The molecule has 0 unspecified atom stereocenters. The van der Waals surface area contributed by atoms with Crippen LogP contribution in [0.25, 0.3) is 0 Å². The lowest BCUT2D eigenvalue weighted by molar-refractivity contribution is -0.146. The number of hydrogen-bond acceptors (Lipinski definition) is 5. The van der Waals surface area contributed by atoms with Crippen LogP contribution in [0, 0.1) is 0 Å². The van der Waals surface area contributed by atoms with Gasteiger partial charge in [-0.2, -0.15) is 5.10 Å². The fraction of sp³-hybridized carbons (Fsp3) is 0.722. The van der Waals surface area contributed by atoms with E-state index in [0.717, 1.165) is 32.5 Å². The van der Waals surface area contributed by atoms with Crippen molar-refractivity contribution >= 4 is 11.7 Å². The Morgan fingerprint density at radius 2 is 2.00 bits per heavy atom. The highest BCUT2D eigenvalue weighted by molar-refractivity contribution is 5.96. The summed E-state index contributed by atoms with van der Waals surface area (Å²) in [6.07, 6.45) is 5.55. The number of ether oxygens (including phenoxy) is 1. The maximum atomic E-state index is 13.2. The van der Waals surface area contributed by atoms with Crippen LogP contribution < -0.4 is 0 Å². The van der Waals surface area contributed by atoms with Crippen LogP contribution in [-0.4, -0.2) is 75.7 Å². The zero-order chi connectivity index (χ0) is 18.0. The largest absolute Gasteiger partial charge is 0.379 e. The number of morpholine rings is 1. The number of rotatable bonds is 5. The van der Waals surface area contributed by atoms with Gasteiger partial charge in [0.2, 0.25) is 5.91 Å². The van der Waals surface area contributed by atoms with Gasteiger partial charge in [0.05, 0.1) is 30.5 Å². The first kappa shape index (κ1) is 18.1. The molecule has 3 rings (SSSR count). The highest BCUT2D eigenvalue weighted by atomic mass is 16.5. The Kier molecular flexibility index (Phi) is 5.24. The summed E-state index contributed by atoms with van der Waals surface area (Å²) < 4.78 is 7.04. The second kappa shape index (κ2) is 7.25. The van der Waals surface area contributed by atoms with Crippen LogP contribution in [-0.2, 0) is 16.6 Å². The number of Topliss-reactive ketones (excluding diaryl/α,β-unsaturated/α-hetero) is 1. The minimum atomic E-state index is -0.566. The normalized spacial score (nSPS) is 22.4. The Labute approximate surface area is 148 Å². The molecule has 2 aliphatic heterocycles. The van der Waals surface area contributed by atoms with E-state index in [4.69, 9.17) is 4.74 Å². The van der Waals surface area contributed by atoms with E-state index >= 15 is 0 Å². The number of hydrogen-bond donors (Lipinski definition) is 0. The maximum absolute atomic E-state index is 13.2. The molecule has 0 bridgehead atoms. The number of nitrogens with zero attached hydrogens (tertiary/aromatic N) is 4. The minimum Gasteiger partial charge on any atom is -0.379 e. The molecule has 1 aromatic rings. The summed E-state index contributed by atoms with van der Waals surface area (Å²) in [4.78, 5) is 29.8. The summed E-state index contributed by atoms with van der Waals surface area (Å²) in [5.74, 6) is 0.179. The van der Waals surface area contributed by atoms with Gasteiger partial charge < -0.3 is 9.64 Å². The van der Waals surface area contributed by atoms with E-state index in [1.54, 1.807) is 24.1 Å². The molecule has 1 aromatic heterocycles. The molecule has 0 saturated carbocycles. The Morgan fingerprint density at radius 1 is 1.28 bits per heavy atom. The average Bonchev–Trinajstić information content (AvgIpc) is 3.24. The van der Waals surface area contributed by atoms with Crippen LogP contribution in [0.15, 0.2) is 12.4 Å². The summed E-state index contributed by atoms with van der Waals surface area (Å²) in [6.45, 7) is 7.58. The Hall–Kier alpha value is -1.73. The molecule has 0 spiro atoms. The molecule has 0 aromatic carbocycles. The van der Waals surface area contributed by atoms with Crippen LogP contribution in [0.2, 0.25) is 0 Å². The Balaban J connectivity index is 1.67. The molecule has 0 N–H and O–H groups in total. The average molecular weight is 348 g/mol. The monoisotopic (exact) mass is 348 g/mol.